The average molecular weight is 535 g/mol. The predicted molar refractivity (Wildman–Crippen MR) is 138 cm³/mol. The van der Waals surface area contributed by atoms with Gasteiger partial charge in [-0.1, -0.05) is 36.4 Å². The highest BCUT2D eigenvalue weighted by Crippen LogP contribution is 2.34. The number of benzene rings is 2. The zero-order valence-corrected chi connectivity index (χ0v) is 20.6. The Kier molecular flexibility index (Phi) is 7.63. The third-order valence-corrected chi connectivity index (χ3v) is 5.97. The van der Waals surface area contributed by atoms with Crippen LogP contribution in [0.1, 0.15) is 23.1 Å². The number of nitrogen functional groups attached to an aromatic ring is 1. The average Bonchev–Trinajstić information content (AvgIpc) is 3.52. The second-order valence-corrected chi connectivity index (χ2v) is 8.71. The van der Waals surface area contributed by atoms with Gasteiger partial charge < -0.3 is 35.5 Å². The van der Waals surface area contributed by atoms with Crippen LogP contribution in [0.25, 0.3) is 11.0 Å². The third-order valence-electron chi connectivity index (χ3n) is 5.97. The Balaban J connectivity index is 1.48. The Morgan fingerprint density at radius 2 is 1.67 bits per heavy atom. The molecule has 39 heavy (non-hydrogen) atoms. The number of nitrogens with one attached hydrogen (secondary N) is 1. The van der Waals surface area contributed by atoms with Gasteiger partial charge >= 0.3 is 0 Å². The molecule has 1 saturated heterocycles. The van der Waals surface area contributed by atoms with Crippen molar-refractivity contribution in [1.82, 2.24) is 19.7 Å². The summed E-state index contributed by atoms with van der Waals surface area (Å²) in [6.07, 6.45) is -2.60. The molecule has 0 saturated carbocycles. The molecule has 0 bridgehead atoms. The van der Waals surface area contributed by atoms with Crippen LogP contribution in [-0.2, 0) is 9.53 Å². The lowest BCUT2D eigenvalue weighted by atomic mass is 10.2. The molecule has 0 radical (unpaired) electrons. The molecule has 202 valence electrons. The lowest BCUT2D eigenvalue weighted by molar-refractivity contribution is -0.118. The highest BCUT2D eigenvalue weighted by atomic mass is 16.5. The zero-order valence-electron chi connectivity index (χ0n) is 20.6. The standard InChI is InChI=1S/C26H26N6O7/c27-26-29-24(28-20(36)14-38-16-9-5-2-6-10-16)22-23(18(35)13-37-15-7-3-1-4-8-15)31-32(25(22)30-26)21-11-17(34)19(12-33)39-21/h1-10,17,19,21,33-34H,11-14H2,(H3,27,28,29,30,36)/t17-,19+,21-/m0/s1. The molecular weight excluding hydrogens is 508 g/mol. The molecule has 13 heteroatoms. The molecule has 2 aromatic carbocycles. The van der Waals surface area contributed by atoms with Crippen LogP contribution in [-0.4, -0.2) is 73.7 Å². The summed E-state index contributed by atoms with van der Waals surface area (Å²) < 4.78 is 18.1. The van der Waals surface area contributed by atoms with Gasteiger partial charge in [0, 0.05) is 6.42 Å². The van der Waals surface area contributed by atoms with E-state index in [-0.39, 0.29) is 48.1 Å². The fraction of sp³-hybridized carbons (Fsp3) is 0.269. The molecule has 13 nitrogen and oxygen atoms in total. The molecule has 0 unspecified atom stereocenters. The van der Waals surface area contributed by atoms with Crippen molar-refractivity contribution in [2.75, 3.05) is 30.9 Å². The van der Waals surface area contributed by atoms with Crippen LogP contribution in [0.15, 0.2) is 60.7 Å². The van der Waals surface area contributed by atoms with Crippen LogP contribution in [0.5, 0.6) is 11.5 Å². The minimum absolute atomic E-state index is 0.0503. The van der Waals surface area contributed by atoms with Crippen molar-refractivity contribution in [3.05, 3.63) is 66.4 Å². The molecule has 2 aromatic heterocycles. The third kappa shape index (κ3) is 5.80. The second-order valence-electron chi connectivity index (χ2n) is 8.71. The van der Waals surface area contributed by atoms with Crippen molar-refractivity contribution in [2.24, 2.45) is 0 Å². The molecule has 1 aliphatic heterocycles. The number of ether oxygens (including phenoxy) is 3. The van der Waals surface area contributed by atoms with Crippen molar-refractivity contribution in [3.8, 4) is 11.5 Å². The van der Waals surface area contributed by atoms with Crippen molar-refractivity contribution in [2.45, 2.75) is 24.9 Å². The number of anilines is 2. The number of hydrogen-bond donors (Lipinski definition) is 4. The van der Waals surface area contributed by atoms with E-state index < -0.39 is 36.7 Å². The molecule has 5 N–H and O–H groups in total. The summed E-state index contributed by atoms with van der Waals surface area (Å²) in [7, 11) is 0. The van der Waals surface area contributed by atoms with Gasteiger partial charge in [0.05, 0.1) is 18.1 Å². The van der Waals surface area contributed by atoms with E-state index in [9.17, 15) is 19.8 Å². The number of nitrogens with two attached hydrogens (primary N) is 1. The molecule has 4 aromatic rings. The molecule has 1 aliphatic rings. The fourth-order valence-corrected chi connectivity index (χ4v) is 4.14. The van der Waals surface area contributed by atoms with Gasteiger partial charge in [-0.25, -0.2) is 4.68 Å². The second kappa shape index (κ2) is 11.4. The number of amides is 1. The molecule has 1 fully saturated rings. The van der Waals surface area contributed by atoms with Crippen molar-refractivity contribution in [1.29, 1.82) is 0 Å². The van der Waals surface area contributed by atoms with E-state index in [1.54, 1.807) is 48.5 Å². The number of ketones is 1. The topological polar surface area (TPSA) is 184 Å². The first-order valence-corrected chi connectivity index (χ1v) is 12.1. The number of Topliss-reactive ketones (excluding diaryl/α,β-unsaturated/α-hetero) is 1. The SMILES string of the molecule is Nc1nc(NC(=O)COc2ccccc2)c2c(C(=O)COc3ccccc3)nn([C@@H]3C[C@H](O)[C@@H](CO)O3)c2n1. The van der Waals surface area contributed by atoms with Gasteiger partial charge in [-0.2, -0.15) is 15.1 Å². The number of carbonyl (C=O) groups is 2. The summed E-state index contributed by atoms with van der Waals surface area (Å²) in [5.74, 6) is -0.348. The van der Waals surface area contributed by atoms with Gasteiger partial charge in [-0.15, -0.1) is 0 Å². The Morgan fingerprint density at radius 1 is 1.03 bits per heavy atom. The van der Waals surface area contributed by atoms with E-state index in [4.69, 9.17) is 19.9 Å². The molecule has 0 spiro atoms. The highest BCUT2D eigenvalue weighted by molar-refractivity contribution is 6.11. The molecule has 1 amide bonds. The number of carbonyl (C=O) groups excluding carboxylic acids is 2. The van der Waals surface area contributed by atoms with Crippen LogP contribution in [0.3, 0.4) is 0 Å². The first kappa shape index (κ1) is 26.0. The number of aromatic nitrogens is 4. The lowest BCUT2D eigenvalue weighted by Gasteiger charge is -2.13. The smallest absolute Gasteiger partial charge is 0.263 e. The maximum Gasteiger partial charge on any atom is 0.263 e. The highest BCUT2D eigenvalue weighted by Gasteiger charge is 2.37. The Bertz CT molecular complexity index is 1460. The maximum atomic E-state index is 13.3. The predicted octanol–water partition coefficient (Wildman–Crippen LogP) is 1.33. The summed E-state index contributed by atoms with van der Waals surface area (Å²) in [4.78, 5) is 34.5. The largest absolute Gasteiger partial charge is 0.485 e. The Hall–Kier alpha value is -4.59. The quantitative estimate of drug-likeness (QED) is 0.215. The molecule has 3 heterocycles. The fourth-order valence-electron chi connectivity index (χ4n) is 4.14. The van der Waals surface area contributed by atoms with E-state index in [0.29, 0.717) is 11.5 Å². The summed E-state index contributed by atoms with van der Waals surface area (Å²) in [6.45, 7) is -1.11. The van der Waals surface area contributed by atoms with Gasteiger partial charge in [-0.3, -0.25) is 9.59 Å². The molecule has 5 rings (SSSR count). The van der Waals surface area contributed by atoms with Crippen molar-refractivity contribution >= 4 is 34.5 Å². The van der Waals surface area contributed by atoms with Crippen LogP contribution in [0.4, 0.5) is 11.8 Å². The van der Waals surface area contributed by atoms with Crippen LogP contribution >= 0.6 is 0 Å². The minimum Gasteiger partial charge on any atom is -0.485 e. The number of para-hydroxylation sites is 2. The first-order valence-electron chi connectivity index (χ1n) is 12.1. The lowest BCUT2D eigenvalue weighted by Crippen LogP contribution is -2.24. The first-order chi connectivity index (χ1) is 18.9. The van der Waals surface area contributed by atoms with Gasteiger partial charge in [0.1, 0.15) is 29.1 Å². The van der Waals surface area contributed by atoms with Gasteiger partial charge in [0.15, 0.2) is 25.1 Å². The van der Waals surface area contributed by atoms with Gasteiger partial charge in [0.2, 0.25) is 11.7 Å². The number of aliphatic hydroxyl groups excluding tert-OH is 2. The molecule has 0 aliphatic carbocycles. The summed E-state index contributed by atoms with van der Waals surface area (Å²) in [5.41, 5.74) is 5.95. The van der Waals surface area contributed by atoms with Gasteiger partial charge in [0.25, 0.3) is 5.91 Å². The number of nitrogens with zero attached hydrogens (tertiary/aromatic N) is 4. The minimum atomic E-state index is -0.965. The van der Waals surface area contributed by atoms with Crippen molar-refractivity contribution < 1.29 is 34.0 Å². The van der Waals surface area contributed by atoms with E-state index in [2.05, 4.69) is 20.4 Å². The number of aliphatic hydroxyl groups is 2. The number of fused-ring (bicyclic) bond motifs is 1. The number of hydrogen-bond acceptors (Lipinski definition) is 11. The molecular formula is C26H26N6O7. The Morgan fingerprint density at radius 3 is 2.28 bits per heavy atom. The van der Waals surface area contributed by atoms with E-state index in [1.807, 2.05) is 12.1 Å². The maximum absolute atomic E-state index is 13.3. The summed E-state index contributed by atoms with van der Waals surface area (Å²) in [6, 6.07) is 17.5. The van der Waals surface area contributed by atoms with Crippen LogP contribution in [0.2, 0.25) is 0 Å². The molecule has 3 atom stereocenters. The van der Waals surface area contributed by atoms with E-state index in [1.165, 1.54) is 4.68 Å². The van der Waals surface area contributed by atoms with E-state index in [0.717, 1.165) is 0 Å². The van der Waals surface area contributed by atoms with E-state index >= 15 is 0 Å². The Labute approximate surface area is 222 Å². The van der Waals surface area contributed by atoms with Crippen LogP contribution in [0, 0.1) is 0 Å². The van der Waals surface area contributed by atoms with Crippen LogP contribution < -0.4 is 20.5 Å². The zero-order chi connectivity index (χ0) is 27.4. The number of rotatable bonds is 10. The van der Waals surface area contributed by atoms with Crippen molar-refractivity contribution in [3.63, 3.8) is 0 Å². The van der Waals surface area contributed by atoms with Gasteiger partial charge in [-0.05, 0) is 24.3 Å². The normalized spacial score (nSPS) is 18.7. The summed E-state index contributed by atoms with van der Waals surface area (Å²) >= 11 is 0. The summed E-state index contributed by atoms with van der Waals surface area (Å²) in [5, 5.41) is 26.9. The monoisotopic (exact) mass is 534 g/mol.